The fraction of sp³-hybridized carbons (Fsp3) is 0.500. The van der Waals surface area contributed by atoms with E-state index in [9.17, 15) is 52.3 Å². The van der Waals surface area contributed by atoms with Crippen LogP contribution in [0.5, 0.6) is 5.75 Å². The Labute approximate surface area is 214 Å². The van der Waals surface area contributed by atoms with E-state index in [0.717, 1.165) is 6.92 Å². The Morgan fingerprint density at radius 1 is 1.13 bits per heavy atom. The molecule has 0 amide bonds. The summed E-state index contributed by atoms with van der Waals surface area (Å²) in [5.74, 6) is -2.64. The number of fused-ring (bicyclic) bond motifs is 1. The van der Waals surface area contributed by atoms with Gasteiger partial charge in [-0.2, -0.15) is 13.2 Å². The van der Waals surface area contributed by atoms with Crippen LogP contribution in [0.1, 0.15) is 38.3 Å². The lowest BCUT2D eigenvalue weighted by molar-refractivity contribution is -0.767. The minimum Gasteiger partial charge on any atom is -0.475 e. The number of alkyl halides is 3. The van der Waals surface area contributed by atoms with Crippen molar-refractivity contribution in [2.45, 2.75) is 63.2 Å². The predicted molar refractivity (Wildman–Crippen MR) is 116 cm³/mol. The number of halogens is 8. The molecule has 0 saturated heterocycles. The molecular weight excluding hydrogens is 582 g/mol. The highest BCUT2D eigenvalue weighted by Crippen LogP contribution is 3.02. The summed E-state index contributed by atoms with van der Waals surface area (Å²) < 4.78 is 126. The van der Waals surface area contributed by atoms with Crippen molar-refractivity contribution in [3.05, 3.63) is 38.9 Å². The highest BCUT2D eigenvalue weighted by atomic mass is 32.5. The van der Waals surface area contributed by atoms with E-state index in [4.69, 9.17) is 4.74 Å². The fourth-order valence-electron chi connectivity index (χ4n) is 3.17. The van der Waals surface area contributed by atoms with Crippen LogP contribution in [0.4, 0.5) is 37.4 Å². The first kappa shape index (κ1) is 31.7. The van der Waals surface area contributed by atoms with E-state index in [2.05, 4.69) is 19.0 Å². The van der Waals surface area contributed by atoms with Crippen LogP contribution in [-0.4, -0.2) is 48.5 Å². The monoisotopic (exact) mass is 603 g/mol. The van der Waals surface area contributed by atoms with Crippen molar-refractivity contribution in [3.8, 4) is 5.75 Å². The molecular formula is C20H21F8NO9S. The zero-order chi connectivity index (χ0) is 30.0. The molecule has 0 spiro atoms. The van der Waals surface area contributed by atoms with Crippen molar-refractivity contribution >= 4 is 28.4 Å². The Balaban J connectivity index is 2.27. The van der Waals surface area contributed by atoms with Crippen LogP contribution in [-0.2, 0) is 30.3 Å². The Morgan fingerprint density at radius 2 is 1.74 bits per heavy atom. The number of ether oxygens (including phenoxy) is 4. The smallest absolute Gasteiger partial charge is 0.475 e. The van der Waals surface area contributed by atoms with Gasteiger partial charge in [0.1, 0.15) is 16.7 Å². The van der Waals surface area contributed by atoms with Gasteiger partial charge in [0, 0.05) is 18.9 Å². The van der Waals surface area contributed by atoms with E-state index >= 15 is 0 Å². The third kappa shape index (κ3) is 8.75. The number of esters is 1. The standard InChI is InChI=1S/C20H21F8NO9S/c1-4-12-7-14(39(24,25,26,27)28)8-13-9-15(17(20(21,22)23)37-16(12)13)18(30)35-11(3)36-19(31)34-6-5-10(2)38-29(32)33/h7-11,17H,4-6H2,1-3H3/t10?,11?,17-/m0/s1. The zero-order valence-corrected chi connectivity index (χ0v) is 21.0. The van der Waals surface area contributed by atoms with Crippen molar-refractivity contribution in [1.29, 1.82) is 0 Å². The van der Waals surface area contributed by atoms with Gasteiger partial charge in [0.05, 0.1) is 12.2 Å². The molecule has 1 aromatic rings. The largest absolute Gasteiger partial charge is 0.511 e. The van der Waals surface area contributed by atoms with Crippen LogP contribution in [0.25, 0.3) is 6.08 Å². The summed E-state index contributed by atoms with van der Waals surface area (Å²) >= 11 is 0. The molecule has 0 aliphatic carbocycles. The van der Waals surface area contributed by atoms with Crippen LogP contribution in [0.3, 0.4) is 0 Å². The van der Waals surface area contributed by atoms with Crippen LogP contribution >= 0.6 is 10.2 Å². The van der Waals surface area contributed by atoms with Gasteiger partial charge in [-0.15, -0.1) is 10.1 Å². The maximum atomic E-state index is 13.7. The molecule has 2 unspecified atom stereocenters. The first-order valence-electron chi connectivity index (χ1n) is 10.7. The van der Waals surface area contributed by atoms with Gasteiger partial charge in [-0.05, 0) is 37.1 Å². The zero-order valence-electron chi connectivity index (χ0n) is 20.1. The van der Waals surface area contributed by atoms with E-state index in [0.29, 0.717) is 0 Å². The van der Waals surface area contributed by atoms with E-state index in [1.165, 1.54) is 13.8 Å². The second-order valence-electron chi connectivity index (χ2n) is 8.08. The molecule has 0 N–H and O–H groups in total. The first-order chi connectivity index (χ1) is 17.5. The first-order valence-corrected chi connectivity index (χ1v) is 12.7. The van der Waals surface area contributed by atoms with Gasteiger partial charge in [0.25, 0.3) is 5.09 Å². The minimum atomic E-state index is -10.3. The summed E-state index contributed by atoms with van der Waals surface area (Å²) in [5, 5.41) is 9.11. The lowest BCUT2D eigenvalue weighted by Crippen LogP contribution is -2.41. The molecule has 0 aromatic heterocycles. The quantitative estimate of drug-likeness (QED) is 0.0952. The molecule has 0 fully saturated rings. The molecule has 2 rings (SSSR count). The average Bonchev–Trinajstić information content (AvgIpc) is 2.74. The van der Waals surface area contributed by atoms with Crippen molar-refractivity contribution in [1.82, 2.24) is 0 Å². The van der Waals surface area contributed by atoms with Crippen LogP contribution < -0.4 is 4.74 Å². The van der Waals surface area contributed by atoms with E-state index in [1.807, 2.05) is 0 Å². The molecule has 0 saturated carbocycles. The summed E-state index contributed by atoms with van der Waals surface area (Å²) in [5.41, 5.74) is -2.92. The summed E-state index contributed by atoms with van der Waals surface area (Å²) in [6.45, 7) is 2.88. The van der Waals surface area contributed by atoms with Crippen LogP contribution in [0.2, 0.25) is 0 Å². The number of carbonyl (C=O) groups is 2. The molecule has 3 atom stereocenters. The second-order valence-corrected chi connectivity index (χ2v) is 10.5. The summed E-state index contributed by atoms with van der Waals surface area (Å²) in [6, 6.07) is -0.159. The molecule has 1 aliphatic heterocycles. The highest BCUT2D eigenvalue weighted by Gasteiger charge is 2.66. The topological polar surface area (TPSA) is 123 Å². The van der Waals surface area contributed by atoms with Crippen molar-refractivity contribution in [3.63, 3.8) is 0 Å². The summed E-state index contributed by atoms with van der Waals surface area (Å²) in [4.78, 5) is 36.1. The maximum Gasteiger partial charge on any atom is 0.511 e. The van der Waals surface area contributed by atoms with Gasteiger partial charge in [-0.1, -0.05) is 26.4 Å². The number of hydrogen-bond acceptors (Lipinski definition) is 9. The molecule has 1 aromatic carbocycles. The molecule has 0 radical (unpaired) electrons. The van der Waals surface area contributed by atoms with Crippen molar-refractivity contribution in [2.24, 2.45) is 0 Å². The molecule has 222 valence electrons. The van der Waals surface area contributed by atoms with E-state index in [1.54, 1.807) is 0 Å². The fourth-order valence-corrected chi connectivity index (χ4v) is 3.89. The molecule has 0 bridgehead atoms. The number of benzene rings is 1. The molecule has 10 nitrogen and oxygen atoms in total. The SMILES string of the molecule is CCc1cc(S(F)(F)(F)(F)F)cc2c1O[C@H](C(F)(F)F)C(C(=O)OC(C)OC(=O)OCCC(C)O[N+](=O)[O-])=C2. The normalized spacial score (nSPS) is 18.6. The number of hydrogen-bond donors (Lipinski definition) is 0. The van der Waals surface area contributed by atoms with Gasteiger partial charge in [-0.3, -0.25) is 0 Å². The van der Waals surface area contributed by atoms with Gasteiger partial charge in [0.2, 0.25) is 12.4 Å². The summed E-state index contributed by atoms with van der Waals surface area (Å²) in [7, 11) is -10.3. The van der Waals surface area contributed by atoms with E-state index in [-0.39, 0.29) is 24.6 Å². The Hall–Kier alpha value is -3.51. The van der Waals surface area contributed by atoms with Gasteiger partial charge in [0.15, 0.2) is 0 Å². The van der Waals surface area contributed by atoms with Crippen molar-refractivity contribution < 1.29 is 71.1 Å². The molecule has 39 heavy (non-hydrogen) atoms. The van der Waals surface area contributed by atoms with Gasteiger partial charge in [-0.25, -0.2) is 9.59 Å². The Kier molecular flexibility index (Phi) is 8.32. The van der Waals surface area contributed by atoms with Gasteiger partial charge < -0.3 is 23.8 Å². The Morgan fingerprint density at radius 3 is 2.26 bits per heavy atom. The average molecular weight is 603 g/mol. The lowest BCUT2D eigenvalue weighted by Gasteiger charge is -2.41. The van der Waals surface area contributed by atoms with E-state index < -0.39 is 92.5 Å². The third-order valence-corrected chi connectivity index (χ3v) is 6.03. The van der Waals surface area contributed by atoms with Gasteiger partial charge >= 0.3 is 28.5 Å². The molecule has 19 heteroatoms. The number of nitrogens with zero attached hydrogens (tertiary/aromatic N) is 1. The number of aryl methyl sites for hydroxylation is 1. The molecule has 1 heterocycles. The minimum absolute atomic E-state index is 0.0171. The highest BCUT2D eigenvalue weighted by molar-refractivity contribution is 8.45. The molecule has 1 aliphatic rings. The Bertz CT molecular complexity index is 1170. The van der Waals surface area contributed by atoms with Crippen LogP contribution in [0.15, 0.2) is 22.6 Å². The summed E-state index contributed by atoms with van der Waals surface area (Å²) in [6.07, 6.45) is -13.1. The maximum absolute atomic E-state index is 13.7. The second kappa shape index (κ2) is 10.2. The number of rotatable bonds is 10. The van der Waals surface area contributed by atoms with Crippen LogP contribution in [0, 0.1) is 10.1 Å². The van der Waals surface area contributed by atoms with Crippen molar-refractivity contribution in [2.75, 3.05) is 6.61 Å². The number of carbonyl (C=O) groups excluding carboxylic acids is 2. The lowest BCUT2D eigenvalue weighted by atomic mass is 9.98. The third-order valence-electron chi connectivity index (χ3n) is 4.90. The predicted octanol–water partition coefficient (Wildman–Crippen LogP) is 6.64.